The fourth-order valence-electron chi connectivity index (χ4n) is 2.67. The Hall–Kier alpha value is -0.610. The molecule has 0 aliphatic carbocycles. The van der Waals surface area contributed by atoms with Crippen LogP contribution in [-0.2, 0) is 4.79 Å². The number of nitrogens with zero attached hydrogens (tertiary/aromatic N) is 1. The summed E-state index contributed by atoms with van der Waals surface area (Å²) in [7, 11) is 0. The summed E-state index contributed by atoms with van der Waals surface area (Å²) in [6, 6.07) is 0.381. The van der Waals surface area contributed by atoms with Crippen LogP contribution in [0.3, 0.4) is 0 Å². The van der Waals surface area contributed by atoms with Gasteiger partial charge in [0.05, 0.1) is 6.04 Å². The second-order valence-electron chi connectivity index (χ2n) is 5.10. The molecule has 0 aromatic rings. The minimum Gasteiger partial charge on any atom is -0.338 e. The number of hydrogen-bond acceptors (Lipinski definition) is 3. The van der Waals surface area contributed by atoms with E-state index in [0.717, 1.165) is 32.6 Å². The van der Waals surface area contributed by atoms with Crippen molar-refractivity contribution >= 4 is 5.91 Å². The number of carbonyl (C=O) groups excluding carboxylic acids is 1. The van der Waals surface area contributed by atoms with Gasteiger partial charge in [-0.2, -0.15) is 0 Å². The van der Waals surface area contributed by atoms with Gasteiger partial charge in [-0.3, -0.25) is 4.79 Å². The highest BCUT2D eigenvalue weighted by Gasteiger charge is 2.32. The van der Waals surface area contributed by atoms with Crippen LogP contribution in [0.2, 0.25) is 0 Å². The van der Waals surface area contributed by atoms with E-state index in [-0.39, 0.29) is 11.9 Å². The lowest BCUT2D eigenvalue weighted by atomic mass is 9.91. The van der Waals surface area contributed by atoms with Gasteiger partial charge in [0.15, 0.2) is 0 Å². The lowest BCUT2D eigenvalue weighted by molar-refractivity contribution is -0.138. The standard InChI is InChI=1S/C12H23N3O/c1-9-4-3-7-15(10(9)2)12(16)11-8-13-5-6-14-11/h9-11,13-14H,3-8H2,1-2H3. The Balaban J connectivity index is 1.96. The first-order valence-corrected chi connectivity index (χ1v) is 6.44. The third kappa shape index (κ3) is 2.38. The zero-order chi connectivity index (χ0) is 11.5. The van der Waals surface area contributed by atoms with Crippen molar-refractivity contribution in [2.24, 2.45) is 5.92 Å². The molecule has 0 aromatic carbocycles. The summed E-state index contributed by atoms with van der Waals surface area (Å²) in [6.07, 6.45) is 2.40. The van der Waals surface area contributed by atoms with E-state index in [4.69, 9.17) is 0 Å². The normalized spacial score (nSPS) is 36.1. The van der Waals surface area contributed by atoms with E-state index in [9.17, 15) is 4.79 Å². The summed E-state index contributed by atoms with van der Waals surface area (Å²) in [5.41, 5.74) is 0. The minimum atomic E-state index is -0.0125. The van der Waals surface area contributed by atoms with Gasteiger partial charge < -0.3 is 15.5 Å². The smallest absolute Gasteiger partial charge is 0.241 e. The molecule has 0 bridgehead atoms. The average Bonchev–Trinajstić information content (AvgIpc) is 2.33. The molecular weight excluding hydrogens is 202 g/mol. The molecule has 4 heteroatoms. The van der Waals surface area contributed by atoms with E-state index in [1.165, 1.54) is 6.42 Å². The highest BCUT2D eigenvalue weighted by atomic mass is 16.2. The molecule has 2 N–H and O–H groups in total. The molecule has 0 radical (unpaired) electrons. The summed E-state index contributed by atoms with van der Waals surface area (Å²) in [6.45, 7) is 8.00. The summed E-state index contributed by atoms with van der Waals surface area (Å²) in [5.74, 6) is 0.917. The van der Waals surface area contributed by atoms with E-state index in [2.05, 4.69) is 29.4 Å². The number of amides is 1. The monoisotopic (exact) mass is 225 g/mol. The Labute approximate surface area is 97.8 Å². The van der Waals surface area contributed by atoms with Crippen molar-refractivity contribution in [1.29, 1.82) is 0 Å². The summed E-state index contributed by atoms with van der Waals surface area (Å²) in [4.78, 5) is 14.4. The molecule has 3 atom stereocenters. The molecule has 16 heavy (non-hydrogen) atoms. The molecule has 2 rings (SSSR count). The number of hydrogen-bond donors (Lipinski definition) is 2. The number of piperidine rings is 1. The van der Waals surface area contributed by atoms with Gasteiger partial charge >= 0.3 is 0 Å². The molecule has 4 nitrogen and oxygen atoms in total. The van der Waals surface area contributed by atoms with E-state index in [1.807, 2.05) is 0 Å². The first-order valence-electron chi connectivity index (χ1n) is 6.44. The van der Waals surface area contributed by atoms with E-state index in [1.54, 1.807) is 0 Å². The Morgan fingerprint density at radius 3 is 2.81 bits per heavy atom. The molecule has 2 aliphatic rings. The number of piperazine rings is 1. The van der Waals surface area contributed by atoms with Crippen LogP contribution >= 0.6 is 0 Å². The maximum atomic E-state index is 12.3. The van der Waals surface area contributed by atoms with Crippen molar-refractivity contribution in [3.8, 4) is 0 Å². The Kier molecular flexibility index (Phi) is 3.82. The van der Waals surface area contributed by atoms with Crippen LogP contribution in [0.1, 0.15) is 26.7 Å². The van der Waals surface area contributed by atoms with Crippen molar-refractivity contribution < 1.29 is 4.79 Å². The fraction of sp³-hybridized carbons (Fsp3) is 0.917. The fourth-order valence-corrected chi connectivity index (χ4v) is 2.67. The van der Waals surface area contributed by atoms with Gasteiger partial charge in [0.2, 0.25) is 5.91 Å². The number of rotatable bonds is 1. The van der Waals surface area contributed by atoms with Crippen LogP contribution in [-0.4, -0.2) is 49.1 Å². The molecule has 2 heterocycles. The first-order chi connectivity index (χ1) is 7.70. The number of carbonyl (C=O) groups is 1. The largest absolute Gasteiger partial charge is 0.338 e. The first kappa shape index (κ1) is 11.9. The predicted octanol–water partition coefficient (Wildman–Crippen LogP) is 0.195. The van der Waals surface area contributed by atoms with Crippen molar-refractivity contribution in [2.45, 2.75) is 38.8 Å². The molecular formula is C12H23N3O. The second kappa shape index (κ2) is 5.15. The van der Waals surface area contributed by atoms with Crippen molar-refractivity contribution in [2.75, 3.05) is 26.2 Å². The molecule has 0 aromatic heterocycles. The van der Waals surface area contributed by atoms with Crippen LogP contribution in [0.4, 0.5) is 0 Å². The van der Waals surface area contributed by atoms with Crippen LogP contribution in [0, 0.1) is 5.92 Å². The van der Waals surface area contributed by atoms with Crippen LogP contribution in [0.5, 0.6) is 0 Å². The molecule has 0 spiro atoms. The minimum absolute atomic E-state index is 0.0125. The number of likely N-dealkylation sites (tertiary alicyclic amines) is 1. The van der Waals surface area contributed by atoms with E-state index >= 15 is 0 Å². The third-order valence-corrected chi connectivity index (χ3v) is 4.00. The van der Waals surface area contributed by atoms with Gasteiger partial charge in [-0.15, -0.1) is 0 Å². The Morgan fingerprint density at radius 1 is 1.31 bits per heavy atom. The third-order valence-electron chi connectivity index (χ3n) is 4.00. The zero-order valence-corrected chi connectivity index (χ0v) is 10.3. The van der Waals surface area contributed by atoms with E-state index < -0.39 is 0 Å². The Morgan fingerprint density at radius 2 is 2.12 bits per heavy atom. The summed E-state index contributed by atoms with van der Waals surface area (Å²) < 4.78 is 0. The van der Waals surface area contributed by atoms with Gasteiger partial charge in [0.25, 0.3) is 0 Å². The SMILES string of the molecule is CC1CCCN(C(=O)C2CNCCN2)C1C. The van der Waals surface area contributed by atoms with Gasteiger partial charge in [0.1, 0.15) is 0 Å². The van der Waals surface area contributed by atoms with Crippen LogP contribution in [0.25, 0.3) is 0 Å². The van der Waals surface area contributed by atoms with Crippen LogP contribution < -0.4 is 10.6 Å². The maximum Gasteiger partial charge on any atom is 0.241 e. The molecule has 2 saturated heterocycles. The van der Waals surface area contributed by atoms with Gasteiger partial charge in [-0.05, 0) is 25.7 Å². The topological polar surface area (TPSA) is 44.4 Å². The van der Waals surface area contributed by atoms with Crippen molar-refractivity contribution in [3.05, 3.63) is 0 Å². The second-order valence-corrected chi connectivity index (χ2v) is 5.10. The molecule has 2 aliphatic heterocycles. The lowest BCUT2D eigenvalue weighted by Gasteiger charge is -2.40. The Bertz CT molecular complexity index is 251. The molecule has 0 saturated carbocycles. The highest BCUT2D eigenvalue weighted by molar-refractivity contribution is 5.82. The average molecular weight is 225 g/mol. The molecule has 92 valence electrons. The lowest BCUT2D eigenvalue weighted by Crippen LogP contribution is -2.59. The number of nitrogens with one attached hydrogen (secondary N) is 2. The van der Waals surface area contributed by atoms with Crippen LogP contribution in [0.15, 0.2) is 0 Å². The van der Waals surface area contributed by atoms with Crippen molar-refractivity contribution in [1.82, 2.24) is 15.5 Å². The van der Waals surface area contributed by atoms with E-state index in [0.29, 0.717) is 12.0 Å². The summed E-state index contributed by atoms with van der Waals surface area (Å²) >= 11 is 0. The van der Waals surface area contributed by atoms with Gasteiger partial charge in [-0.1, -0.05) is 6.92 Å². The zero-order valence-electron chi connectivity index (χ0n) is 10.3. The van der Waals surface area contributed by atoms with Gasteiger partial charge in [-0.25, -0.2) is 0 Å². The van der Waals surface area contributed by atoms with Gasteiger partial charge in [0, 0.05) is 32.2 Å². The highest BCUT2D eigenvalue weighted by Crippen LogP contribution is 2.23. The molecule has 2 fully saturated rings. The maximum absolute atomic E-state index is 12.3. The predicted molar refractivity (Wildman–Crippen MR) is 64.2 cm³/mol. The quantitative estimate of drug-likeness (QED) is 0.670. The molecule has 1 amide bonds. The molecule has 3 unspecified atom stereocenters. The van der Waals surface area contributed by atoms with Crippen molar-refractivity contribution in [3.63, 3.8) is 0 Å². The summed E-state index contributed by atoms with van der Waals surface area (Å²) in [5, 5.41) is 6.57.